The van der Waals surface area contributed by atoms with Gasteiger partial charge in [-0.2, -0.15) is 0 Å². The first-order valence-electron chi connectivity index (χ1n) is 11.9. The summed E-state index contributed by atoms with van der Waals surface area (Å²) in [5, 5.41) is 12.7. The van der Waals surface area contributed by atoms with E-state index in [0.29, 0.717) is 16.2 Å². The summed E-state index contributed by atoms with van der Waals surface area (Å²) >= 11 is 6.64. The standard InChI is InChI=1S/C27H30ClF2N3O3/c1-25(2,3)10-9-16-5-7-19(11-21(16)28)26(4)20(18-12-27(29,30)13-18)15-33(24(36)32-26)22-8-6-17(14-31-22)23(34)35/h5-8,11,14-15,18H,9-10,12-13H2,1-4H3,(H,32,36)(H,34,35)/t26-/m0/s1. The van der Waals surface area contributed by atoms with Gasteiger partial charge in [0.2, 0.25) is 5.92 Å². The molecule has 0 bridgehead atoms. The lowest BCUT2D eigenvalue weighted by atomic mass is 9.67. The van der Waals surface area contributed by atoms with E-state index >= 15 is 0 Å². The van der Waals surface area contributed by atoms with E-state index < -0.39 is 29.4 Å². The van der Waals surface area contributed by atoms with Crippen LogP contribution in [0, 0.1) is 11.3 Å². The molecule has 2 aromatic rings. The fourth-order valence-corrected chi connectivity index (χ4v) is 4.98. The lowest BCUT2D eigenvalue weighted by molar-refractivity contribution is -0.102. The van der Waals surface area contributed by atoms with Crippen LogP contribution in [-0.4, -0.2) is 28.0 Å². The van der Waals surface area contributed by atoms with Crippen molar-refractivity contribution >= 4 is 29.4 Å². The van der Waals surface area contributed by atoms with Crippen LogP contribution in [0.15, 0.2) is 48.3 Å². The molecule has 2 amide bonds. The van der Waals surface area contributed by atoms with E-state index in [4.69, 9.17) is 16.7 Å². The third-order valence-corrected chi connectivity index (χ3v) is 7.32. The zero-order valence-electron chi connectivity index (χ0n) is 20.7. The van der Waals surface area contributed by atoms with Gasteiger partial charge in [-0.1, -0.05) is 44.5 Å². The molecule has 0 radical (unpaired) electrons. The van der Waals surface area contributed by atoms with Crippen LogP contribution in [0.5, 0.6) is 0 Å². The number of alkyl halides is 2. The lowest BCUT2D eigenvalue weighted by Gasteiger charge is -2.47. The lowest BCUT2D eigenvalue weighted by Crippen LogP contribution is -2.57. The Morgan fingerprint density at radius 1 is 1.25 bits per heavy atom. The number of aryl methyl sites for hydroxylation is 1. The van der Waals surface area contributed by atoms with Gasteiger partial charge >= 0.3 is 12.0 Å². The fraction of sp³-hybridized carbons (Fsp3) is 0.444. The van der Waals surface area contributed by atoms with Crippen LogP contribution in [0.25, 0.3) is 0 Å². The highest BCUT2D eigenvalue weighted by molar-refractivity contribution is 6.31. The van der Waals surface area contributed by atoms with Gasteiger partial charge in [-0.05, 0) is 66.0 Å². The predicted molar refractivity (Wildman–Crippen MR) is 135 cm³/mol. The second kappa shape index (κ2) is 9.14. The van der Waals surface area contributed by atoms with E-state index in [1.807, 2.05) is 12.1 Å². The van der Waals surface area contributed by atoms with Gasteiger partial charge in [-0.25, -0.2) is 23.4 Å². The Morgan fingerprint density at radius 2 is 1.94 bits per heavy atom. The van der Waals surface area contributed by atoms with Crippen molar-refractivity contribution in [2.24, 2.45) is 11.3 Å². The number of urea groups is 1. The number of nitrogens with one attached hydrogen (secondary N) is 1. The van der Waals surface area contributed by atoms with E-state index in [2.05, 4.69) is 31.1 Å². The smallest absolute Gasteiger partial charge is 0.337 e. The summed E-state index contributed by atoms with van der Waals surface area (Å²) in [7, 11) is 0. The number of nitrogens with zero attached hydrogens (tertiary/aromatic N) is 2. The monoisotopic (exact) mass is 517 g/mol. The summed E-state index contributed by atoms with van der Waals surface area (Å²) in [6, 6.07) is 7.88. The van der Waals surface area contributed by atoms with Gasteiger partial charge in [0.1, 0.15) is 5.82 Å². The first kappa shape index (κ1) is 26.1. The Bertz CT molecular complexity index is 1220. The number of hydrogen-bond acceptors (Lipinski definition) is 3. The first-order valence-corrected chi connectivity index (χ1v) is 12.3. The van der Waals surface area contributed by atoms with Crippen molar-refractivity contribution in [1.29, 1.82) is 0 Å². The van der Waals surface area contributed by atoms with Gasteiger partial charge < -0.3 is 10.4 Å². The van der Waals surface area contributed by atoms with Crippen molar-refractivity contribution in [2.45, 2.75) is 64.8 Å². The summed E-state index contributed by atoms with van der Waals surface area (Å²) in [4.78, 5) is 29.7. The maximum absolute atomic E-state index is 13.9. The first-order chi connectivity index (χ1) is 16.7. The molecule has 1 aromatic carbocycles. The summed E-state index contributed by atoms with van der Waals surface area (Å²) in [5.74, 6) is -4.15. The molecule has 2 aliphatic rings. The Morgan fingerprint density at radius 3 is 2.47 bits per heavy atom. The second-order valence-corrected chi connectivity index (χ2v) is 11.5. The Labute approximate surface area is 214 Å². The normalized spacial score (nSPS) is 22.0. The predicted octanol–water partition coefficient (Wildman–Crippen LogP) is 6.79. The van der Waals surface area contributed by atoms with Crippen molar-refractivity contribution in [3.05, 3.63) is 70.0 Å². The zero-order chi connectivity index (χ0) is 26.5. The molecule has 0 saturated heterocycles. The number of halogens is 3. The average molecular weight is 518 g/mol. The minimum atomic E-state index is -2.76. The second-order valence-electron chi connectivity index (χ2n) is 11.0. The number of anilines is 1. The third kappa shape index (κ3) is 5.24. The van der Waals surface area contributed by atoms with E-state index in [-0.39, 0.29) is 29.6 Å². The molecule has 4 rings (SSSR count). The third-order valence-electron chi connectivity index (χ3n) is 6.97. The van der Waals surface area contributed by atoms with Gasteiger partial charge in [0.15, 0.2) is 0 Å². The number of pyridine rings is 1. The largest absolute Gasteiger partial charge is 0.478 e. The minimum absolute atomic E-state index is 0.0231. The molecule has 192 valence electrons. The molecule has 2 heterocycles. The van der Waals surface area contributed by atoms with Crippen LogP contribution in [0.4, 0.5) is 19.4 Å². The van der Waals surface area contributed by atoms with Gasteiger partial charge in [0.05, 0.1) is 11.1 Å². The number of hydrogen-bond donors (Lipinski definition) is 2. The summed E-state index contributed by atoms with van der Waals surface area (Å²) < 4.78 is 27.8. The van der Waals surface area contributed by atoms with Crippen molar-refractivity contribution < 1.29 is 23.5 Å². The number of rotatable bonds is 6. The number of carbonyl (C=O) groups excluding carboxylic acids is 1. The highest BCUT2D eigenvalue weighted by Gasteiger charge is 2.52. The molecule has 1 aliphatic heterocycles. The van der Waals surface area contributed by atoms with Crippen LogP contribution in [0.3, 0.4) is 0 Å². The van der Waals surface area contributed by atoms with Crippen LogP contribution in [0.2, 0.25) is 5.02 Å². The van der Waals surface area contributed by atoms with Crippen LogP contribution < -0.4 is 10.2 Å². The fourth-order valence-electron chi connectivity index (χ4n) is 4.70. The van der Waals surface area contributed by atoms with Gasteiger partial charge in [-0.15, -0.1) is 0 Å². The van der Waals surface area contributed by atoms with Crippen LogP contribution >= 0.6 is 11.6 Å². The van der Waals surface area contributed by atoms with E-state index in [9.17, 15) is 18.4 Å². The number of carboxylic acid groups (broad SMARTS) is 1. The van der Waals surface area contributed by atoms with E-state index in [0.717, 1.165) is 24.6 Å². The number of aromatic carboxylic acids is 1. The van der Waals surface area contributed by atoms with Crippen molar-refractivity contribution in [3.63, 3.8) is 0 Å². The summed E-state index contributed by atoms with van der Waals surface area (Å²) in [5.41, 5.74) is 1.39. The molecule has 9 heteroatoms. The van der Waals surface area contributed by atoms with Crippen LogP contribution in [-0.2, 0) is 12.0 Å². The Balaban J connectivity index is 1.71. The van der Waals surface area contributed by atoms with E-state index in [1.54, 1.807) is 19.2 Å². The minimum Gasteiger partial charge on any atom is -0.478 e. The molecule has 1 atom stereocenters. The Hall–Kier alpha value is -3.00. The molecule has 0 unspecified atom stereocenters. The molecule has 1 aromatic heterocycles. The molecule has 1 aliphatic carbocycles. The van der Waals surface area contributed by atoms with Crippen molar-refractivity contribution in [2.75, 3.05) is 4.90 Å². The molecular formula is C27H30ClF2N3O3. The SMILES string of the molecule is CC(C)(C)CCc1ccc([C@]2(C)NC(=O)N(c3ccc(C(=O)O)cn3)C=C2C2CC(F)(F)C2)cc1Cl. The van der Waals surface area contributed by atoms with E-state index in [1.165, 1.54) is 17.0 Å². The van der Waals surface area contributed by atoms with Gasteiger partial charge in [-0.3, -0.25) is 4.90 Å². The molecule has 6 nitrogen and oxygen atoms in total. The number of carbonyl (C=O) groups is 2. The summed E-state index contributed by atoms with van der Waals surface area (Å²) in [6.07, 6.45) is 3.82. The highest BCUT2D eigenvalue weighted by atomic mass is 35.5. The topological polar surface area (TPSA) is 82.5 Å². The van der Waals surface area contributed by atoms with Gasteiger partial charge in [0, 0.05) is 30.3 Å². The molecule has 36 heavy (non-hydrogen) atoms. The quantitative estimate of drug-likeness (QED) is 0.442. The molecule has 0 spiro atoms. The van der Waals surface area contributed by atoms with Crippen LogP contribution in [0.1, 0.15) is 68.4 Å². The number of carboxylic acids is 1. The molecule has 2 N–H and O–H groups in total. The zero-order valence-corrected chi connectivity index (χ0v) is 21.5. The van der Waals surface area contributed by atoms with Gasteiger partial charge in [0.25, 0.3) is 0 Å². The number of benzene rings is 1. The number of amides is 2. The Kier molecular flexibility index (Phi) is 6.62. The molecular weight excluding hydrogens is 488 g/mol. The molecule has 1 fully saturated rings. The number of aromatic nitrogens is 1. The maximum Gasteiger partial charge on any atom is 0.337 e. The highest BCUT2D eigenvalue weighted by Crippen LogP contribution is 2.51. The molecule has 1 saturated carbocycles. The summed E-state index contributed by atoms with van der Waals surface area (Å²) in [6.45, 7) is 8.28. The van der Waals surface area contributed by atoms with Crippen molar-refractivity contribution in [1.82, 2.24) is 10.3 Å². The average Bonchev–Trinajstić information content (AvgIpc) is 2.76. The van der Waals surface area contributed by atoms with Crippen molar-refractivity contribution in [3.8, 4) is 0 Å². The maximum atomic E-state index is 13.9.